The van der Waals surface area contributed by atoms with Crippen LogP contribution in [0.15, 0.2) is 24.3 Å². The number of urea groups is 1. The Balaban J connectivity index is 2.10. The number of carbonyl (C=O) groups excluding carboxylic acids is 1. The van der Waals surface area contributed by atoms with Crippen molar-refractivity contribution in [2.45, 2.75) is 25.5 Å². The zero-order valence-electron chi connectivity index (χ0n) is 11.3. The van der Waals surface area contributed by atoms with Gasteiger partial charge < -0.3 is 20.1 Å². The molecule has 2 amide bonds. The van der Waals surface area contributed by atoms with Crippen LogP contribution in [-0.4, -0.2) is 41.7 Å². The molecule has 6 heteroatoms. The Bertz CT molecular complexity index is 504. The van der Waals surface area contributed by atoms with Gasteiger partial charge in [-0.25, -0.2) is 9.59 Å². The van der Waals surface area contributed by atoms with E-state index in [2.05, 4.69) is 5.32 Å². The molecule has 20 heavy (non-hydrogen) atoms. The predicted octanol–water partition coefficient (Wildman–Crippen LogP) is 1.91. The highest BCUT2D eigenvalue weighted by Gasteiger charge is 2.34. The topological polar surface area (TPSA) is 78.9 Å². The molecule has 0 aromatic heterocycles. The van der Waals surface area contributed by atoms with E-state index in [0.29, 0.717) is 31.7 Å². The Morgan fingerprint density at radius 1 is 1.45 bits per heavy atom. The van der Waals surface area contributed by atoms with Gasteiger partial charge in [0.25, 0.3) is 0 Å². The van der Waals surface area contributed by atoms with Crippen LogP contribution in [0.25, 0.3) is 0 Å². The van der Waals surface area contributed by atoms with Gasteiger partial charge in [0.05, 0.1) is 6.61 Å². The van der Waals surface area contributed by atoms with Gasteiger partial charge in [0.1, 0.15) is 6.04 Å². The monoisotopic (exact) mass is 278 g/mol. The number of nitrogens with one attached hydrogen (secondary N) is 1. The molecular formula is C14H18N2O4. The highest BCUT2D eigenvalue weighted by Crippen LogP contribution is 2.21. The molecule has 1 aromatic rings. The lowest BCUT2D eigenvalue weighted by molar-refractivity contribution is -0.141. The third-order valence-electron chi connectivity index (χ3n) is 3.36. The molecule has 2 rings (SSSR count). The summed E-state index contributed by atoms with van der Waals surface area (Å²) in [4.78, 5) is 24.7. The van der Waals surface area contributed by atoms with Crippen molar-refractivity contribution in [2.24, 2.45) is 0 Å². The minimum atomic E-state index is -0.956. The van der Waals surface area contributed by atoms with E-state index in [1.807, 2.05) is 18.2 Å². The summed E-state index contributed by atoms with van der Waals surface area (Å²) in [6.07, 6.45) is 1.21. The third-order valence-corrected chi connectivity index (χ3v) is 3.36. The van der Waals surface area contributed by atoms with Gasteiger partial charge in [-0.3, -0.25) is 0 Å². The second kappa shape index (κ2) is 6.38. The van der Waals surface area contributed by atoms with E-state index in [9.17, 15) is 9.59 Å². The minimum absolute atomic E-state index is 0.376. The summed E-state index contributed by atoms with van der Waals surface area (Å²) < 4.78 is 5.08. The average Bonchev–Trinajstić information content (AvgIpc) is 2.91. The van der Waals surface area contributed by atoms with Crippen molar-refractivity contribution < 1.29 is 19.4 Å². The summed E-state index contributed by atoms with van der Waals surface area (Å²) in [6, 6.07) is 6.20. The molecule has 1 aliphatic heterocycles. The smallest absolute Gasteiger partial charge is 0.326 e. The molecule has 0 aliphatic carbocycles. The number of aliphatic carboxylic acids is 1. The van der Waals surface area contributed by atoms with Crippen LogP contribution in [0.4, 0.5) is 10.5 Å². The van der Waals surface area contributed by atoms with E-state index in [4.69, 9.17) is 9.84 Å². The minimum Gasteiger partial charge on any atom is -0.480 e. The molecule has 1 saturated heterocycles. The summed E-state index contributed by atoms with van der Waals surface area (Å²) in [7, 11) is 1.58. The summed E-state index contributed by atoms with van der Waals surface area (Å²) >= 11 is 0. The van der Waals surface area contributed by atoms with Gasteiger partial charge in [0, 0.05) is 24.9 Å². The van der Waals surface area contributed by atoms with Crippen LogP contribution < -0.4 is 5.32 Å². The van der Waals surface area contributed by atoms with Crippen LogP contribution in [-0.2, 0) is 16.1 Å². The number of benzene rings is 1. The number of likely N-dealkylation sites (tertiary alicyclic amines) is 1. The second-order valence-corrected chi connectivity index (χ2v) is 4.71. The lowest BCUT2D eigenvalue weighted by Gasteiger charge is -2.22. The van der Waals surface area contributed by atoms with E-state index in [1.54, 1.807) is 13.2 Å². The van der Waals surface area contributed by atoms with Crippen LogP contribution >= 0.6 is 0 Å². The van der Waals surface area contributed by atoms with Crippen molar-refractivity contribution in [3.63, 3.8) is 0 Å². The van der Waals surface area contributed by atoms with Crippen molar-refractivity contribution in [3.8, 4) is 0 Å². The first-order valence-corrected chi connectivity index (χ1v) is 6.50. The van der Waals surface area contributed by atoms with Crippen LogP contribution in [0.1, 0.15) is 18.4 Å². The van der Waals surface area contributed by atoms with Gasteiger partial charge >= 0.3 is 12.0 Å². The van der Waals surface area contributed by atoms with Crippen molar-refractivity contribution in [1.82, 2.24) is 4.90 Å². The Morgan fingerprint density at radius 3 is 2.90 bits per heavy atom. The van der Waals surface area contributed by atoms with Crippen molar-refractivity contribution in [3.05, 3.63) is 29.8 Å². The standard InChI is InChI=1S/C14H18N2O4/c1-20-9-10-5-2-3-6-11(10)15-14(19)16-8-4-7-12(16)13(17)18/h2-3,5-6,12H,4,7-9H2,1H3,(H,15,19)(H,17,18)/t12-/m1/s1. The van der Waals surface area contributed by atoms with E-state index < -0.39 is 12.0 Å². The van der Waals surface area contributed by atoms with Crippen LogP contribution in [0.3, 0.4) is 0 Å². The molecule has 2 N–H and O–H groups in total. The Kier molecular flexibility index (Phi) is 4.57. The fourth-order valence-corrected chi connectivity index (χ4v) is 2.38. The van der Waals surface area contributed by atoms with Crippen LogP contribution in [0, 0.1) is 0 Å². The molecule has 1 heterocycles. The lowest BCUT2D eigenvalue weighted by Crippen LogP contribution is -2.42. The van der Waals surface area contributed by atoms with Gasteiger partial charge in [-0.1, -0.05) is 18.2 Å². The van der Waals surface area contributed by atoms with Gasteiger partial charge in [-0.2, -0.15) is 0 Å². The Hall–Kier alpha value is -2.08. The number of anilines is 1. The molecule has 0 unspecified atom stereocenters. The highest BCUT2D eigenvalue weighted by molar-refractivity contribution is 5.93. The molecule has 1 atom stereocenters. The first-order chi connectivity index (χ1) is 9.63. The summed E-state index contributed by atoms with van der Waals surface area (Å²) in [6.45, 7) is 0.855. The number of ether oxygens (including phenoxy) is 1. The molecule has 0 radical (unpaired) electrons. The predicted molar refractivity (Wildman–Crippen MR) is 73.5 cm³/mol. The van der Waals surface area contributed by atoms with Gasteiger partial charge in [0.2, 0.25) is 0 Å². The Morgan fingerprint density at radius 2 is 2.20 bits per heavy atom. The van der Waals surface area contributed by atoms with Gasteiger partial charge in [-0.05, 0) is 18.9 Å². The van der Waals surface area contributed by atoms with Crippen molar-refractivity contribution in [1.29, 1.82) is 0 Å². The highest BCUT2D eigenvalue weighted by atomic mass is 16.5. The van der Waals surface area contributed by atoms with E-state index in [-0.39, 0.29) is 6.03 Å². The summed E-state index contributed by atoms with van der Waals surface area (Å²) in [5.41, 5.74) is 1.50. The molecular weight excluding hydrogens is 260 g/mol. The zero-order valence-corrected chi connectivity index (χ0v) is 11.3. The number of carboxylic acids is 1. The van der Waals surface area contributed by atoms with E-state index >= 15 is 0 Å². The van der Waals surface area contributed by atoms with Gasteiger partial charge in [-0.15, -0.1) is 0 Å². The average molecular weight is 278 g/mol. The quantitative estimate of drug-likeness (QED) is 0.881. The number of nitrogens with zero attached hydrogens (tertiary/aromatic N) is 1. The third kappa shape index (κ3) is 3.08. The summed E-state index contributed by atoms with van der Waals surface area (Å²) in [5, 5.41) is 11.9. The molecule has 0 saturated carbocycles. The largest absolute Gasteiger partial charge is 0.480 e. The molecule has 108 valence electrons. The maximum Gasteiger partial charge on any atom is 0.326 e. The SMILES string of the molecule is COCc1ccccc1NC(=O)N1CCC[C@@H]1C(=O)O. The number of carbonyl (C=O) groups is 2. The molecule has 1 fully saturated rings. The number of para-hydroxylation sites is 1. The number of methoxy groups -OCH3 is 1. The van der Waals surface area contributed by atoms with E-state index in [0.717, 1.165) is 5.56 Å². The number of amides is 2. The molecule has 1 aliphatic rings. The van der Waals surface area contributed by atoms with Crippen LogP contribution in [0.5, 0.6) is 0 Å². The maximum absolute atomic E-state index is 12.2. The number of rotatable bonds is 4. The zero-order chi connectivity index (χ0) is 14.5. The fourth-order valence-electron chi connectivity index (χ4n) is 2.38. The molecule has 1 aromatic carbocycles. The van der Waals surface area contributed by atoms with E-state index in [1.165, 1.54) is 4.90 Å². The summed E-state index contributed by atoms with van der Waals surface area (Å²) in [5.74, 6) is -0.956. The first kappa shape index (κ1) is 14.3. The number of hydrogen-bond donors (Lipinski definition) is 2. The van der Waals surface area contributed by atoms with Gasteiger partial charge in [0.15, 0.2) is 0 Å². The Labute approximate surface area is 117 Å². The molecule has 0 spiro atoms. The molecule has 6 nitrogen and oxygen atoms in total. The normalized spacial score (nSPS) is 18.1. The number of carboxylic acid groups (broad SMARTS) is 1. The van der Waals surface area contributed by atoms with Crippen molar-refractivity contribution >= 4 is 17.7 Å². The second-order valence-electron chi connectivity index (χ2n) is 4.71. The lowest BCUT2D eigenvalue weighted by atomic mass is 10.2. The maximum atomic E-state index is 12.2. The van der Waals surface area contributed by atoms with Crippen LogP contribution in [0.2, 0.25) is 0 Å². The fraction of sp³-hybridized carbons (Fsp3) is 0.429. The molecule has 0 bridgehead atoms. The van der Waals surface area contributed by atoms with Crippen molar-refractivity contribution in [2.75, 3.05) is 19.0 Å². The number of hydrogen-bond acceptors (Lipinski definition) is 3. The first-order valence-electron chi connectivity index (χ1n) is 6.50.